The van der Waals surface area contributed by atoms with Gasteiger partial charge in [0.1, 0.15) is 18.2 Å². The summed E-state index contributed by atoms with van der Waals surface area (Å²) in [6, 6.07) is 12.7. The van der Waals surface area contributed by atoms with E-state index in [0.29, 0.717) is 16.3 Å². The van der Waals surface area contributed by atoms with Gasteiger partial charge >= 0.3 is 0 Å². The molecule has 1 aliphatic rings. The number of halogens is 1. The van der Waals surface area contributed by atoms with Crippen molar-refractivity contribution in [3.05, 3.63) is 59.1 Å². The predicted octanol–water partition coefficient (Wildman–Crippen LogP) is 3.52. The fraction of sp³-hybridized carbons (Fsp3) is 0.375. The number of rotatable bonds is 7. The summed E-state index contributed by atoms with van der Waals surface area (Å²) in [5.74, 6) is -1.42. The molecular formula is C24H28ClN3O4S. The first kappa shape index (κ1) is 25.1. The minimum atomic E-state index is -1.21. The molecule has 0 spiro atoms. The van der Waals surface area contributed by atoms with Crippen LogP contribution in [0.1, 0.15) is 38.0 Å². The molecule has 176 valence electrons. The van der Waals surface area contributed by atoms with Gasteiger partial charge in [-0.15, -0.1) is 11.8 Å². The van der Waals surface area contributed by atoms with Crippen LogP contribution in [0.2, 0.25) is 5.02 Å². The number of aliphatic hydroxyl groups is 1. The van der Waals surface area contributed by atoms with Crippen LogP contribution >= 0.6 is 23.4 Å². The summed E-state index contributed by atoms with van der Waals surface area (Å²) in [6.07, 6.45) is -0.920. The lowest BCUT2D eigenvalue weighted by atomic mass is 10.0. The second-order valence-electron chi connectivity index (χ2n) is 8.41. The number of anilines is 1. The average Bonchev–Trinajstić information content (AvgIpc) is 2.89. The van der Waals surface area contributed by atoms with E-state index in [-0.39, 0.29) is 18.2 Å². The predicted molar refractivity (Wildman–Crippen MR) is 130 cm³/mol. The number of hydrogen-bond donors (Lipinski definition) is 4. The Morgan fingerprint density at radius 3 is 2.45 bits per heavy atom. The van der Waals surface area contributed by atoms with Gasteiger partial charge in [0.15, 0.2) is 0 Å². The first-order chi connectivity index (χ1) is 15.7. The zero-order valence-electron chi connectivity index (χ0n) is 18.7. The van der Waals surface area contributed by atoms with Gasteiger partial charge in [0.25, 0.3) is 0 Å². The van der Waals surface area contributed by atoms with Crippen LogP contribution in [-0.2, 0) is 14.4 Å². The number of benzene rings is 2. The number of carbonyl (C=O) groups excluding carboxylic acids is 3. The van der Waals surface area contributed by atoms with Crippen LogP contribution in [0, 0.1) is 5.92 Å². The Bertz CT molecular complexity index is 1030. The molecule has 2 aromatic carbocycles. The molecule has 3 amide bonds. The number of carbonyl (C=O) groups is 3. The van der Waals surface area contributed by atoms with Crippen LogP contribution in [0.5, 0.6) is 0 Å². The number of amides is 3. The van der Waals surface area contributed by atoms with Crippen LogP contribution in [0.25, 0.3) is 0 Å². The van der Waals surface area contributed by atoms with Gasteiger partial charge in [-0.2, -0.15) is 0 Å². The Morgan fingerprint density at radius 2 is 1.76 bits per heavy atom. The van der Waals surface area contributed by atoms with Crippen molar-refractivity contribution in [2.24, 2.45) is 5.92 Å². The largest absolute Gasteiger partial charge is 0.383 e. The van der Waals surface area contributed by atoms with E-state index in [9.17, 15) is 19.5 Å². The monoisotopic (exact) mass is 489 g/mol. The molecule has 4 atom stereocenters. The summed E-state index contributed by atoms with van der Waals surface area (Å²) in [5, 5.41) is 18.2. The van der Waals surface area contributed by atoms with E-state index in [1.54, 1.807) is 18.2 Å². The van der Waals surface area contributed by atoms with Crippen LogP contribution in [0.4, 0.5) is 5.69 Å². The molecule has 0 aliphatic carbocycles. The molecular weight excluding hydrogens is 462 g/mol. The highest BCUT2D eigenvalue weighted by Gasteiger charge is 2.37. The third-order valence-corrected chi connectivity index (χ3v) is 6.98. The molecule has 1 aliphatic heterocycles. The highest BCUT2D eigenvalue weighted by Crippen LogP contribution is 2.45. The topological polar surface area (TPSA) is 108 Å². The smallest absolute Gasteiger partial charge is 0.249 e. The second-order valence-corrected chi connectivity index (χ2v) is 10.00. The van der Waals surface area contributed by atoms with Gasteiger partial charge in [-0.05, 0) is 43.0 Å². The summed E-state index contributed by atoms with van der Waals surface area (Å²) in [7, 11) is 0. The van der Waals surface area contributed by atoms with E-state index in [1.165, 1.54) is 18.7 Å². The lowest BCUT2D eigenvalue weighted by Crippen LogP contribution is -2.54. The number of thioether (sulfide) groups is 1. The van der Waals surface area contributed by atoms with Crippen molar-refractivity contribution < 1.29 is 19.5 Å². The number of para-hydroxylation sites is 1. The van der Waals surface area contributed by atoms with E-state index >= 15 is 0 Å². The molecule has 7 nitrogen and oxygen atoms in total. The Morgan fingerprint density at radius 1 is 1.09 bits per heavy atom. The third-order valence-electron chi connectivity index (χ3n) is 5.24. The lowest BCUT2D eigenvalue weighted by molar-refractivity contribution is -0.134. The normalized spacial score (nSPS) is 19.6. The number of nitrogens with one attached hydrogen (secondary N) is 3. The molecule has 3 rings (SSSR count). The lowest BCUT2D eigenvalue weighted by Gasteiger charge is -2.27. The maximum atomic E-state index is 13.2. The summed E-state index contributed by atoms with van der Waals surface area (Å²) < 4.78 is 0. The third kappa shape index (κ3) is 6.28. The van der Waals surface area contributed by atoms with E-state index < -0.39 is 35.3 Å². The molecule has 0 radical (unpaired) electrons. The molecule has 0 bridgehead atoms. The Labute approximate surface area is 202 Å². The quantitative estimate of drug-likeness (QED) is 0.476. The van der Waals surface area contributed by atoms with Crippen molar-refractivity contribution in [1.29, 1.82) is 0 Å². The van der Waals surface area contributed by atoms with Crippen molar-refractivity contribution >= 4 is 46.8 Å². The van der Waals surface area contributed by atoms with Crippen LogP contribution < -0.4 is 16.0 Å². The van der Waals surface area contributed by atoms with E-state index in [1.807, 2.05) is 44.2 Å². The zero-order valence-corrected chi connectivity index (χ0v) is 20.2. The summed E-state index contributed by atoms with van der Waals surface area (Å²) in [4.78, 5) is 39.2. The minimum absolute atomic E-state index is 0.125. The number of hydrogen-bond acceptors (Lipinski definition) is 5. The zero-order chi connectivity index (χ0) is 24.1. The Kier molecular flexibility index (Phi) is 8.40. The second kappa shape index (κ2) is 11.0. The van der Waals surface area contributed by atoms with Crippen LogP contribution in [0.3, 0.4) is 0 Å². The molecule has 1 unspecified atom stereocenters. The molecule has 0 saturated heterocycles. The molecule has 0 saturated carbocycles. The Balaban J connectivity index is 1.83. The fourth-order valence-electron chi connectivity index (χ4n) is 3.52. The SMILES string of the molecule is CC(C)CC(O)C(=O)N[C@@H](C)C(=O)N[C@@H]1C(=O)Nc2ccccc2S[C@@H]1c1ccccc1Cl. The van der Waals surface area contributed by atoms with Gasteiger partial charge in [-0.1, -0.05) is 55.8 Å². The summed E-state index contributed by atoms with van der Waals surface area (Å²) in [6.45, 7) is 5.29. The first-order valence-electron chi connectivity index (χ1n) is 10.8. The number of fused-ring (bicyclic) bond motifs is 1. The van der Waals surface area contributed by atoms with Crippen LogP contribution in [0.15, 0.2) is 53.4 Å². The summed E-state index contributed by atoms with van der Waals surface area (Å²) >= 11 is 7.88. The van der Waals surface area contributed by atoms with E-state index in [2.05, 4.69) is 16.0 Å². The van der Waals surface area contributed by atoms with Crippen molar-refractivity contribution in [2.45, 2.75) is 55.5 Å². The molecule has 2 aromatic rings. The van der Waals surface area contributed by atoms with Gasteiger partial charge < -0.3 is 21.1 Å². The van der Waals surface area contributed by atoms with Crippen LogP contribution in [-0.4, -0.2) is 41.0 Å². The van der Waals surface area contributed by atoms with Crippen molar-refractivity contribution in [3.63, 3.8) is 0 Å². The molecule has 4 N–H and O–H groups in total. The average molecular weight is 490 g/mol. The maximum Gasteiger partial charge on any atom is 0.249 e. The van der Waals surface area contributed by atoms with Gasteiger partial charge in [0.2, 0.25) is 17.7 Å². The standard InChI is InChI=1S/C24H28ClN3O4S/c1-13(2)12-18(29)23(31)26-14(3)22(30)28-20-21(15-8-4-5-9-16(15)25)33-19-11-7-6-10-17(19)27-24(20)32/h4-11,13-14,18,20-21,29H,12H2,1-3H3,(H,26,31)(H,27,32)(H,28,30)/t14-,18?,20-,21+/m0/s1. The first-order valence-corrected chi connectivity index (χ1v) is 12.0. The Hall–Kier alpha value is -2.55. The molecule has 0 fully saturated rings. The van der Waals surface area contributed by atoms with E-state index in [4.69, 9.17) is 11.6 Å². The molecule has 9 heteroatoms. The van der Waals surface area contributed by atoms with Gasteiger partial charge in [0.05, 0.1) is 10.9 Å². The number of aliphatic hydroxyl groups excluding tert-OH is 1. The fourth-order valence-corrected chi connectivity index (χ4v) is 5.18. The highest BCUT2D eigenvalue weighted by atomic mass is 35.5. The minimum Gasteiger partial charge on any atom is -0.383 e. The highest BCUT2D eigenvalue weighted by molar-refractivity contribution is 7.99. The van der Waals surface area contributed by atoms with Gasteiger partial charge in [-0.25, -0.2) is 0 Å². The molecule has 33 heavy (non-hydrogen) atoms. The van der Waals surface area contributed by atoms with Crippen molar-refractivity contribution in [2.75, 3.05) is 5.32 Å². The summed E-state index contributed by atoms with van der Waals surface area (Å²) in [5.41, 5.74) is 1.37. The maximum absolute atomic E-state index is 13.2. The van der Waals surface area contributed by atoms with Gasteiger partial charge in [0, 0.05) is 9.92 Å². The molecule has 1 heterocycles. The van der Waals surface area contributed by atoms with Crippen molar-refractivity contribution in [3.8, 4) is 0 Å². The van der Waals surface area contributed by atoms with Gasteiger partial charge in [-0.3, -0.25) is 14.4 Å². The molecule has 0 aromatic heterocycles. The van der Waals surface area contributed by atoms with E-state index in [0.717, 1.165) is 4.90 Å². The van der Waals surface area contributed by atoms with Crippen molar-refractivity contribution in [1.82, 2.24) is 10.6 Å².